The van der Waals surface area contributed by atoms with Gasteiger partial charge in [-0.05, 0) is 23.8 Å². The molecular formula is C18H12N4O2. The fourth-order valence-electron chi connectivity index (χ4n) is 3.05. The van der Waals surface area contributed by atoms with Crippen LogP contribution in [0.15, 0.2) is 65.0 Å². The predicted octanol–water partition coefficient (Wildman–Crippen LogP) is 2.14. The summed E-state index contributed by atoms with van der Waals surface area (Å²) in [4.78, 5) is 19.6. The molecule has 0 saturated carbocycles. The van der Waals surface area contributed by atoms with E-state index in [9.17, 15) is 10.1 Å². The van der Waals surface area contributed by atoms with E-state index in [4.69, 9.17) is 10.5 Å². The van der Waals surface area contributed by atoms with Crippen LogP contribution in [-0.2, 0) is 0 Å². The van der Waals surface area contributed by atoms with Crippen molar-refractivity contribution in [2.45, 2.75) is 5.92 Å². The third-order valence-electron chi connectivity index (χ3n) is 4.10. The first-order valence-electron chi connectivity index (χ1n) is 7.33. The molecule has 2 aromatic heterocycles. The van der Waals surface area contributed by atoms with Gasteiger partial charge in [0, 0.05) is 17.8 Å². The Hall–Kier alpha value is -3.59. The van der Waals surface area contributed by atoms with Crippen LogP contribution in [0, 0.1) is 11.3 Å². The van der Waals surface area contributed by atoms with Gasteiger partial charge in [0.05, 0.1) is 17.0 Å². The molecule has 0 aliphatic carbocycles. The molecule has 6 heteroatoms. The van der Waals surface area contributed by atoms with Gasteiger partial charge in [0.25, 0.3) is 5.56 Å². The smallest absolute Gasteiger partial charge is 0.256 e. The maximum atomic E-state index is 12.7. The Morgan fingerprint density at radius 2 is 2.08 bits per heavy atom. The molecule has 3 aromatic rings. The van der Waals surface area contributed by atoms with Crippen LogP contribution in [0.2, 0.25) is 0 Å². The van der Waals surface area contributed by atoms with Crippen LogP contribution in [0.25, 0.3) is 10.9 Å². The zero-order valence-corrected chi connectivity index (χ0v) is 12.5. The van der Waals surface area contributed by atoms with E-state index in [0.717, 1.165) is 5.39 Å². The number of nitrogens with zero attached hydrogens (tertiary/aromatic N) is 2. The van der Waals surface area contributed by atoms with Crippen molar-refractivity contribution in [3.63, 3.8) is 0 Å². The molecule has 116 valence electrons. The number of H-pyrrole nitrogens is 1. The molecule has 0 radical (unpaired) electrons. The predicted molar refractivity (Wildman–Crippen MR) is 88.1 cm³/mol. The van der Waals surface area contributed by atoms with Crippen molar-refractivity contribution in [3.05, 3.63) is 81.7 Å². The molecule has 1 aliphatic heterocycles. The third-order valence-corrected chi connectivity index (χ3v) is 4.10. The number of benzene rings is 1. The number of hydrogen-bond donors (Lipinski definition) is 2. The van der Waals surface area contributed by atoms with Crippen LogP contribution >= 0.6 is 0 Å². The zero-order valence-electron chi connectivity index (χ0n) is 12.5. The average molecular weight is 316 g/mol. The molecule has 0 spiro atoms. The van der Waals surface area contributed by atoms with Crippen LogP contribution in [0.3, 0.4) is 0 Å². The molecule has 0 saturated heterocycles. The minimum absolute atomic E-state index is 0.00889. The molecule has 4 rings (SSSR count). The number of para-hydroxylation sites is 1. The molecular weight excluding hydrogens is 304 g/mol. The number of pyridine rings is 2. The maximum Gasteiger partial charge on any atom is 0.256 e. The normalized spacial score (nSPS) is 16.4. The zero-order chi connectivity index (χ0) is 16.7. The molecule has 0 unspecified atom stereocenters. The van der Waals surface area contributed by atoms with E-state index in [0.29, 0.717) is 22.4 Å². The van der Waals surface area contributed by atoms with Crippen molar-refractivity contribution in [1.82, 2.24) is 9.97 Å². The Morgan fingerprint density at radius 3 is 2.83 bits per heavy atom. The van der Waals surface area contributed by atoms with E-state index in [2.05, 4.69) is 16.0 Å². The van der Waals surface area contributed by atoms with Gasteiger partial charge in [-0.1, -0.05) is 18.2 Å². The van der Waals surface area contributed by atoms with Gasteiger partial charge in [0.15, 0.2) is 0 Å². The SMILES string of the molecule is N#CC1=C(N)Oc2c(c(=O)[nH]c3ccccc23)[C@H]1c1cccnc1. The van der Waals surface area contributed by atoms with Crippen molar-refractivity contribution in [2.75, 3.05) is 0 Å². The second kappa shape index (κ2) is 5.25. The van der Waals surface area contributed by atoms with Gasteiger partial charge >= 0.3 is 0 Å². The number of allylic oxidation sites excluding steroid dienone is 1. The topological polar surface area (TPSA) is 105 Å². The van der Waals surface area contributed by atoms with Crippen molar-refractivity contribution < 1.29 is 4.74 Å². The van der Waals surface area contributed by atoms with Crippen molar-refractivity contribution in [1.29, 1.82) is 5.26 Å². The van der Waals surface area contributed by atoms with Crippen molar-refractivity contribution >= 4 is 10.9 Å². The number of fused-ring (bicyclic) bond motifs is 3. The number of nitrogens with one attached hydrogen (secondary N) is 1. The number of nitriles is 1. The lowest BCUT2D eigenvalue weighted by atomic mass is 9.84. The molecule has 3 N–H and O–H groups in total. The average Bonchev–Trinajstić information content (AvgIpc) is 2.61. The van der Waals surface area contributed by atoms with E-state index in [1.54, 1.807) is 24.5 Å². The van der Waals surface area contributed by atoms with Gasteiger partial charge < -0.3 is 15.5 Å². The molecule has 3 heterocycles. The molecule has 0 fully saturated rings. The summed E-state index contributed by atoms with van der Waals surface area (Å²) in [5, 5.41) is 10.3. The Kier molecular flexibility index (Phi) is 3.07. The fraction of sp³-hybridized carbons (Fsp3) is 0.0556. The molecule has 6 nitrogen and oxygen atoms in total. The highest BCUT2D eigenvalue weighted by atomic mass is 16.5. The van der Waals surface area contributed by atoms with Crippen molar-refractivity contribution in [3.8, 4) is 11.8 Å². The van der Waals surface area contributed by atoms with Crippen LogP contribution < -0.4 is 16.0 Å². The summed E-state index contributed by atoms with van der Waals surface area (Å²) in [5.41, 5.74) is 7.60. The van der Waals surface area contributed by atoms with Gasteiger partial charge in [-0.15, -0.1) is 0 Å². The van der Waals surface area contributed by atoms with E-state index in [1.165, 1.54) is 0 Å². The van der Waals surface area contributed by atoms with Crippen molar-refractivity contribution in [2.24, 2.45) is 5.73 Å². The van der Waals surface area contributed by atoms with E-state index >= 15 is 0 Å². The van der Waals surface area contributed by atoms with E-state index in [1.807, 2.05) is 24.3 Å². The summed E-state index contributed by atoms with van der Waals surface area (Å²) >= 11 is 0. The Labute approximate surface area is 136 Å². The maximum absolute atomic E-state index is 12.7. The lowest BCUT2D eigenvalue weighted by Crippen LogP contribution is -2.27. The first kappa shape index (κ1) is 14.0. The highest BCUT2D eigenvalue weighted by molar-refractivity contribution is 5.87. The third kappa shape index (κ3) is 1.96. The quantitative estimate of drug-likeness (QED) is 0.715. The number of hydrogen-bond acceptors (Lipinski definition) is 5. The molecule has 1 atom stereocenters. The number of aromatic nitrogens is 2. The lowest BCUT2D eigenvalue weighted by Gasteiger charge is -2.26. The minimum atomic E-state index is -0.610. The first-order valence-corrected chi connectivity index (χ1v) is 7.33. The van der Waals surface area contributed by atoms with Gasteiger partial charge in [-0.3, -0.25) is 9.78 Å². The summed E-state index contributed by atoms with van der Waals surface area (Å²) in [7, 11) is 0. The van der Waals surface area contributed by atoms with Gasteiger partial charge in [0.2, 0.25) is 5.88 Å². The van der Waals surface area contributed by atoms with E-state index < -0.39 is 5.92 Å². The van der Waals surface area contributed by atoms with Crippen LogP contribution in [0.5, 0.6) is 5.75 Å². The Morgan fingerprint density at radius 1 is 1.25 bits per heavy atom. The highest BCUT2D eigenvalue weighted by Crippen LogP contribution is 2.42. The molecule has 0 bridgehead atoms. The van der Waals surface area contributed by atoms with E-state index in [-0.39, 0.29) is 17.0 Å². The number of rotatable bonds is 1. The number of ether oxygens (including phenoxy) is 1. The summed E-state index contributed by atoms with van der Waals surface area (Å²) in [5.74, 6) is -0.213. The largest absolute Gasteiger partial charge is 0.439 e. The Balaban J connectivity index is 2.10. The summed E-state index contributed by atoms with van der Waals surface area (Å²) in [6, 6.07) is 12.9. The van der Waals surface area contributed by atoms with Gasteiger partial charge in [-0.25, -0.2) is 0 Å². The molecule has 0 amide bonds. The summed E-state index contributed by atoms with van der Waals surface area (Å²) in [6.07, 6.45) is 3.26. The number of aromatic amines is 1. The summed E-state index contributed by atoms with van der Waals surface area (Å²) < 4.78 is 5.68. The van der Waals surface area contributed by atoms with Crippen LogP contribution in [-0.4, -0.2) is 9.97 Å². The highest BCUT2D eigenvalue weighted by Gasteiger charge is 2.34. The minimum Gasteiger partial charge on any atom is -0.439 e. The second-order valence-corrected chi connectivity index (χ2v) is 5.45. The van der Waals surface area contributed by atoms with Crippen LogP contribution in [0.4, 0.5) is 0 Å². The first-order chi connectivity index (χ1) is 11.7. The molecule has 24 heavy (non-hydrogen) atoms. The molecule has 1 aromatic carbocycles. The molecule has 1 aliphatic rings. The number of nitrogens with two attached hydrogens (primary N) is 1. The van der Waals surface area contributed by atoms with Gasteiger partial charge in [-0.2, -0.15) is 5.26 Å². The fourth-order valence-corrected chi connectivity index (χ4v) is 3.05. The standard InChI is InChI=1S/C18H12N4O2/c19-8-12-14(10-4-3-7-21-9-10)15-16(24-17(12)20)11-5-1-2-6-13(11)22-18(15)23/h1-7,9,14H,20H2,(H,22,23)/t14-/m0/s1. The lowest BCUT2D eigenvalue weighted by molar-refractivity contribution is 0.397. The van der Waals surface area contributed by atoms with Gasteiger partial charge in [0.1, 0.15) is 17.4 Å². The second-order valence-electron chi connectivity index (χ2n) is 5.45. The van der Waals surface area contributed by atoms with Crippen LogP contribution in [0.1, 0.15) is 17.0 Å². The summed E-state index contributed by atoms with van der Waals surface area (Å²) in [6.45, 7) is 0. The monoisotopic (exact) mass is 316 g/mol. The Bertz CT molecular complexity index is 1080.